The molecule has 4 nitrogen and oxygen atoms in total. The molecule has 2 N–H and O–H groups in total. The SMILES string of the molecule is CC[C@@H](NC(=O)Cc1ccc2ccccc2c1)C(=O)O. The van der Waals surface area contributed by atoms with Gasteiger partial charge in [-0.3, -0.25) is 4.79 Å². The number of nitrogens with one attached hydrogen (secondary N) is 1. The number of fused-ring (bicyclic) bond motifs is 1. The molecule has 4 heteroatoms. The molecule has 0 unspecified atom stereocenters. The topological polar surface area (TPSA) is 66.4 Å². The van der Waals surface area contributed by atoms with Crippen LogP contribution in [0.25, 0.3) is 10.8 Å². The van der Waals surface area contributed by atoms with Gasteiger partial charge in [0.1, 0.15) is 6.04 Å². The van der Waals surface area contributed by atoms with Crippen molar-refractivity contribution in [2.24, 2.45) is 0 Å². The highest BCUT2D eigenvalue weighted by atomic mass is 16.4. The van der Waals surface area contributed by atoms with Crippen LogP contribution in [0.4, 0.5) is 0 Å². The Labute approximate surface area is 117 Å². The van der Waals surface area contributed by atoms with Crippen molar-refractivity contribution in [1.29, 1.82) is 0 Å². The number of carbonyl (C=O) groups excluding carboxylic acids is 1. The summed E-state index contributed by atoms with van der Waals surface area (Å²) in [6, 6.07) is 12.9. The number of hydrogen-bond acceptors (Lipinski definition) is 2. The van der Waals surface area contributed by atoms with Crippen LogP contribution in [0.15, 0.2) is 42.5 Å². The Morgan fingerprint density at radius 1 is 1.15 bits per heavy atom. The van der Waals surface area contributed by atoms with Crippen molar-refractivity contribution in [3.8, 4) is 0 Å². The van der Waals surface area contributed by atoms with Gasteiger partial charge in [0.2, 0.25) is 5.91 Å². The van der Waals surface area contributed by atoms with Gasteiger partial charge in [-0.15, -0.1) is 0 Å². The van der Waals surface area contributed by atoms with Crippen molar-refractivity contribution in [3.63, 3.8) is 0 Å². The second kappa shape index (κ2) is 6.19. The highest BCUT2D eigenvalue weighted by Gasteiger charge is 2.17. The molecule has 0 aliphatic carbocycles. The molecule has 0 bridgehead atoms. The average Bonchev–Trinajstić information content (AvgIpc) is 2.44. The lowest BCUT2D eigenvalue weighted by molar-refractivity contribution is -0.141. The van der Waals surface area contributed by atoms with Crippen molar-refractivity contribution in [3.05, 3.63) is 48.0 Å². The van der Waals surface area contributed by atoms with E-state index < -0.39 is 12.0 Å². The number of hydrogen-bond donors (Lipinski definition) is 2. The molecular formula is C16H17NO3. The minimum absolute atomic E-state index is 0.189. The number of benzene rings is 2. The van der Waals surface area contributed by atoms with Crippen LogP contribution >= 0.6 is 0 Å². The zero-order valence-electron chi connectivity index (χ0n) is 11.3. The zero-order chi connectivity index (χ0) is 14.5. The van der Waals surface area contributed by atoms with E-state index in [4.69, 9.17) is 5.11 Å². The molecule has 0 saturated heterocycles. The normalized spacial score (nSPS) is 12.1. The predicted octanol–water partition coefficient (Wildman–Crippen LogP) is 2.36. The van der Waals surface area contributed by atoms with Gasteiger partial charge in [-0.05, 0) is 22.8 Å². The summed E-state index contributed by atoms with van der Waals surface area (Å²) in [5.74, 6) is -1.27. The fourth-order valence-electron chi connectivity index (χ4n) is 2.12. The van der Waals surface area contributed by atoms with E-state index in [1.165, 1.54) is 0 Å². The summed E-state index contributed by atoms with van der Waals surface area (Å²) in [6.45, 7) is 1.73. The Morgan fingerprint density at radius 2 is 1.85 bits per heavy atom. The first-order chi connectivity index (χ1) is 9.60. The van der Waals surface area contributed by atoms with E-state index in [1.807, 2.05) is 42.5 Å². The number of amides is 1. The van der Waals surface area contributed by atoms with E-state index in [0.29, 0.717) is 6.42 Å². The first-order valence-corrected chi connectivity index (χ1v) is 6.60. The average molecular weight is 271 g/mol. The van der Waals surface area contributed by atoms with Crippen LogP contribution in [0, 0.1) is 0 Å². The number of aliphatic carboxylic acids is 1. The van der Waals surface area contributed by atoms with E-state index in [2.05, 4.69) is 5.32 Å². The summed E-state index contributed by atoms with van der Waals surface area (Å²) in [5.41, 5.74) is 0.876. The second-order valence-electron chi connectivity index (χ2n) is 4.72. The zero-order valence-corrected chi connectivity index (χ0v) is 11.3. The quantitative estimate of drug-likeness (QED) is 0.877. The molecule has 0 radical (unpaired) electrons. The van der Waals surface area contributed by atoms with E-state index in [9.17, 15) is 9.59 Å². The van der Waals surface area contributed by atoms with Gasteiger partial charge >= 0.3 is 5.97 Å². The standard InChI is InChI=1S/C16H17NO3/c1-2-14(16(19)20)17-15(18)10-11-7-8-12-5-3-4-6-13(12)9-11/h3-9,14H,2,10H2,1H3,(H,17,18)(H,19,20)/t14-/m1/s1. The number of carboxylic acids is 1. The smallest absolute Gasteiger partial charge is 0.326 e. The van der Waals surface area contributed by atoms with Gasteiger partial charge in [0, 0.05) is 0 Å². The molecule has 0 saturated carbocycles. The van der Waals surface area contributed by atoms with Gasteiger partial charge in [0.15, 0.2) is 0 Å². The van der Waals surface area contributed by atoms with Crippen LogP contribution in [0.2, 0.25) is 0 Å². The van der Waals surface area contributed by atoms with E-state index in [1.54, 1.807) is 6.92 Å². The molecule has 0 fully saturated rings. The third kappa shape index (κ3) is 3.35. The van der Waals surface area contributed by atoms with E-state index in [-0.39, 0.29) is 12.3 Å². The van der Waals surface area contributed by atoms with Gasteiger partial charge in [-0.25, -0.2) is 4.79 Å². The molecule has 0 aliphatic heterocycles. The lowest BCUT2D eigenvalue weighted by atomic mass is 10.0. The largest absolute Gasteiger partial charge is 0.480 e. The predicted molar refractivity (Wildman–Crippen MR) is 77.5 cm³/mol. The molecule has 104 valence electrons. The lowest BCUT2D eigenvalue weighted by Gasteiger charge is -2.12. The Hall–Kier alpha value is -2.36. The molecule has 2 aromatic rings. The fraction of sp³-hybridized carbons (Fsp3) is 0.250. The Kier molecular flexibility index (Phi) is 4.35. The fourth-order valence-corrected chi connectivity index (χ4v) is 2.12. The van der Waals surface area contributed by atoms with Crippen LogP contribution in [0.3, 0.4) is 0 Å². The molecule has 20 heavy (non-hydrogen) atoms. The summed E-state index contributed by atoms with van der Waals surface area (Å²) in [4.78, 5) is 22.7. The van der Waals surface area contributed by atoms with Gasteiger partial charge in [0.05, 0.1) is 6.42 Å². The number of carbonyl (C=O) groups is 2. The molecule has 0 heterocycles. The van der Waals surface area contributed by atoms with Crippen molar-refractivity contribution < 1.29 is 14.7 Å². The van der Waals surface area contributed by atoms with E-state index in [0.717, 1.165) is 16.3 Å². The highest BCUT2D eigenvalue weighted by Crippen LogP contribution is 2.15. The van der Waals surface area contributed by atoms with Crippen LogP contribution in [-0.4, -0.2) is 23.0 Å². The minimum atomic E-state index is -1.00. The summed E-state index contributed by atoms with van der Waals surface area (Å²) < 4.78 is 0. The van der Waals surface area contributed by atoms with Gasteiger partial charge in [-0.2, -0.15) is 0 Å². The van der Waals surface area contributed by atoms with Crippen molar-refractivity contribution >= 4 is 22.6 Å². The lowest BCUT2D eigenvalue weighted by Crippen LogP contribution is -2.40. The Balaban J connectivity index is 2.07. The van der Waals surface area contributed by atoms with Gasteiger partial charge in [-0.1, -0.05) is 49.4 Å². The minimum Gasteiger partial charge on any atom is -0.480 e. The van der Waals surface area contributed by atoms with Crippen LogP contribution in [0.5, 0.6) is 0 Å². The molecule has 2 rings (SSSR count). The summed E-state index contributed by atoms with van der Waals surface area (Å²) in [7, 11) is 0. The molecule has 0 aromatic heterocycles. The number of rotatable bonds is 5. The van der Waals surface area contributed by atoms with Crippen molar-refractivity contribution in [2.75, 3.05) is 0 Å². The summed E-state index contributed by atoms with van der Waals surface area (Å²) >= 11 is 0. The molecular weight excluding hydrogens is 254 g/mol. The Morgan fingerprint density at radius 3 is 2.50 bits per heavy atom. The van der Waals surface area contributed by atoms with E-state index >= 15 is 0 Å². The number of carboxylic acid groups (broad SMARTS) is 1. The summed E-state index contributed by atoms with van der Waals surface area (Å²) in [6.07, 6.45) is 0.563. The summed E-state index contributed by atoms with van der Waals surface area (Å²) in [5, 5.41) is 13.6. The maximum Gasteiger partial charge on any atom is 0.326 e. The first-order valence-electron chi connectivity index (χ1n) is 6.60. The molecule has 1 atom stereocenters. The maximum absolute atomic E-state index is 11.8. The maximum atomic E-state index is 11.8. The third-order valence-electron chi connectivity index (χ3n) is 3.22. The van der Waals surface area contributed by atoms with Crippen molar-refractivity contribution in [1.82, 2.24) is 5.32 Å². The van der Waals surface area contributed by atoms with Gasteiger partial charge < -0.3 is 10.4 Å². The highest BCUT2D eigenvalue weighted by molar-refractivity contribution is 5.87. The van der Waals surface area contributed by atoms with Crippen LogP contribution in [0.1, 0.15) is 18.9 Å². The van der Waals surface area contributed by atoms with Crippen LogP contribution < -0.4 is 5.32 Å². The monoisotopic (exact) mass is 271 g/mol. The van der Waals surface area contributed by atoms with Gasteiger partial charge in [0.25, 0.3) is 0 Å². The second-order valence-corrected chi connectivity index (χ2v) is 4.72. The Bertz CT molecular complexity index is 636. The molecule has 0 spiro atoms. The molecule has 2 aromatic carbocycles. The first kappa shape index (κ1) is 14.1. The van der Waals surface area contributed by atoms with Crippen molar-refractivity contribution in [2.45, 2.75) is 25.8 Å². The molecule has 0 aliphatic rings. The third-order valence-corrected chi connectivity index (χ3v) is 3.22. The molecule has 1 amide bonds. The van der Waals surface area contributed by atoms with Crippen LogP contribution in [-0.2, 0) is 16.0 Å².